The Bertz CT molecular complexity index is 472. The summed E-state index contributed by atoms with van der Waals surface area (Å²) >= 11 is 0. The number of ether oxygens (including phenoxy) is 2. The third-order valence-corrected chi connectivity index (χ3v) is 3.12. The van der Waals surface area contributed by atoms with Gasteiger partial charge in [0.2, 0.25) is 0 Å². The van der Waals surface area contributed by atoms with Crippen LogP contribution in [-0.2, 0) is 9.05 Å². The normalized spacial score (nSPS) is 11.1. The van der Waals surface area contributed by atoms with Crippen molar-refractivity contribution in [2.75, 3.05) is 20.0 Å². The Kier molecular flexibility index (Phi) is 3.31. The first-order valence-corrected chi connectivity index (χ1v) is 6.17. The van der Waals surface area contributed by atoms with E-state index in [9.17, 15) is 8.42 Å². The molecule has 0 bridgehead atoms. The van der Waals surface area contributed by atoms with E-state index in [0.29, 0.717) is 0 Å². The lowest BCUT2D eigenvalue weighted by atomic mass is 10.3. The smallest absolute Gasteiger partial charge is 0.265 e. The van der Waals surface area contributed by atoms with Crippen LogP contribution in [0.25, 0.3) is 0 Å². The van der Waals surface area contributed by atoms with Gasteiger partial charge < -0.3 is 15.2 Å². The summed E-state index contributed by atoms with van der Waals surface area (Å²) in [6.45, 7) is 0. The molecule has 15 heavy (non-hydrogen) atoms. The Morgan fingerprint density at radius 2 is 1.73 bits per heavy atom. The average Bonchev–Trinajstić information content (AvgIpc) is 2.15. The van der Waals surface area contributed by atoms with Crippen molar-refractivity contribution in [2.45, 2.75) is 4.90 Å². The molecule has 0 unspecified atom stereocenters. The number of benzene rings is 1. The number of nitrogens with two attached hydrogens (primary N) is 1. The van der Waals surface area contributed by atoms with Gasteiger partial charge in [0, 0.05) is 22.8 Å². The molecule has 5 nitrogen and oxygen atoms in total. The summed E-state index contributed by atoms with van der Waals surface area (Å²) in [5.74, 6) is 0.318. The molecule has 7 heteroatoms. The van der Waals surface area contributed by atoms with Crippen LogP contribution in [0.2, 0.25) is 0 Å². The summed E-state index contributed by atoms with van der Waals surface area (Å²) in [5, 5.41) is 0. The summed E-state index contributed by atoms with van der Waals surface area (Å²) in [5.41, 5.74) is 5.85. The molecule has 84 valence electrons. The Hall–Kier alpha value is -1.14. The molecule has 0 aromatic heterocycles. The first kappa shape index (κ1) is 11.9. The highest BCUT2D eigenvalue weighted by molar-refractivity contribution is 8.13. The number of hydrogen-bond donors (Lipinski definition) is 1. The second kappa shape index (κ2) is 4.16. The van der Waals surface area contributed by atoms with Crippen molar-refractivity contribution in [3.63, 3.8) is 0 Å². The Morgan fingerprint density at radius 3 is 2.13 bits per heavy atom. The SMILES string of the molecule is COc1cc(S(=O)(=O)Cl)c(OC)cc1N. The number of anilines is 1. The fourth-order valence-corrected chi connectivity index (χ4v) is 2.08. The monoisotopic (exact) mass is 251 g/mol. The van der Waals surface area contributed by atoms with Gasteiger partial charge in [-0.3, -0.25) is 0 Å². The molecule has 0 spiro atoms. The second-order valence-electron chi connectivity index (χ2n) is 2.68. The molecule has 1 aromatic rings. The number of methoxy groups -OCH3 is 2. The molecule has 0 fully saturated rings. The Balaban J connectivity index is 3.49. The largest absolute Gasteiger partial charge is 0.495 e. The van der Waals surface area contributed by atoms with E-state index < -0.39 is 9.05 Å². The molecule has 0 saturated carbocycles. The van der Waals surface area contributed by atoms with E-state index in [1.54, 1.807) is 0 Å². The van der Waals surface area contributed by atoms with Crippen LogP contribution in [0, 0.1) is 0 Å². The van der Waals surface area contributed by atoms with Crippen molar-refractivity contribution in [1.82, 2.24) is 0 Å². The average molecular weight is 252 g/mol. The minimum Gasteiger partial charge on any atom is -0.495 e. The molecule has 0 heterocycles. The zero-order valence-corrected chi connectivity index (χ0v) is 9.72. The van der Waals surface area contributed by atoms with Crippen molar-refractivity contribution in [1.29, 1.82) is 0 Å². The van der Waals surface area contributed by atoms with Gasteiger partial charge in [-0.1, -0.05) is 0 Å². The predicted molar refractivity (Wildman–Crippen MR) is 57.0 cm³/mol. The predicted octanol–water partition coefficient (Wildman–Crippen LogP) is 1.21. The van der Waals surface area contributed by atoms with Gasteiger partial charge >= 0.3 is 0 Å². The van der Waals surface area contributed by atoms with E-state index in [1.165, 1.54) is 26.4 Å². The molecule has 0 amide bonds. The standard InChI is InChI=1S/C8H10ClNO4S/c1-13-6-4-8(15(9,11)12)7(14-2)3-5(6)10/h3-4H,10H2,1-2H3. The first-order valence-electron chi connectivity index (χ1n) is 3.86. The lowest BCUT2D eigenvalue weighted by molar-refractivity contribution is 0.394. The van der Waals surface area contributed by atoms with E-state index in [2.05, 4.69) is 0 Å². The minimum atomic E-state index is -3.88. The number of hydrogen-bond acceptors (Lipinski definition) is 5. The third kappa shape index (κ3) is 2.45. The zero-order chi connectivity index (χ0) is 11.6. The van der Waals surface area contributed by atoms with Gasteiger partial charge in [-0.2, -0.15) is 0 Å². The topological polar surface area (TPSA) is 78.6 Å². The molecule has 0 saturated heterocycles. The van der Waals surface area contributed by atoms with Gasteiger partial charge in [-0.25, -0.2) is 8.42 Å². The maximum absolute atomic E-state index is 11.2. The van der Waals surface area contributed by atoms with Crippen LogP contribution >= 0.6 is 10.7 Å². The van der Waals surface area contributed by atoms with Gasteiger partial charge in [-0.15, -0.1) is 0 Å². The summed E-state index contributed by atoms with van der Waals surface area (Å²) in [6, 6.07) is 2.56. The van der Waals surface area contributed by atoms with Crippen LogP contribution in [0.15, 0.2) is 17.0 Å². The van der Waals surface area contributed by atoms with Crippen molar-refractivity contribution >= 4 is 25.4 Å². The molecule has 0 aliphatic carbocycles. The van der Waals surface area contributed by atoms with Crippen molar-refractivity contribution in [3.8, 4) is 11.5 Å². The molecular formula is C8H10ClNO4S. The molecule has 0 radical (unpaired) electrons. The van der Waals surface area contributed by atoms with Crippen LogP contribution in [0.5, 0.6) is 11.5 Å². The molecular weight excluding hydrogens is 242 g/mol. The van der Waals surface area contributed by atoms with Crippen LogP contribution < -0.4 is 15.2 Å². The maximum Gasteiger partial charge on any atom is 0.265 e. The highest BCUT2D eigenvalue weighted by Crippen LogP contribution is 2.35. The molecule has 2 N–H and O–H groups in total. The van der Waals surface area contributed by atoms with E-state index in [1.807, 2.05) is 0 Å². The summed E-state index contributed by atoms with van der Waals surface area (Å²) in [7, 11) is 4.04. The quantitative estimate of drug-likeness (QED) is 0.645. The lowest BCUT2D eigenvalue weighted by Gasteiger charge is -2.10. The first-order chi connectivity index (χ1) is 6.90. The highest BCUT2D eigenvalue weighted by Gasteiger charge is 2.19. The van der Waals surface area contributed by atoms with Gasteiger partial charge in [0.15, 0.2) is 0 Å². The number of halogens is 1. The van der Waals surface area contributed by atoms with Gasteiger partial charge in [0.05, 0.1) is 19.9 Å². The number of rotatable bonds is 3. The molecule has 1 rings (SSSR count). The van der Waals surface area contributed by atoms with Crippen LogP contribution in [-0.4, -0.2) is 22.6 Å². The minimum absolute atomic E-state index is 0.0864. The summed E-state index contributed by atoms with van der Waals surface area (Å²) in [6.07, 6.45) is 0. The maximum atomic E-state index is 11.2. The fraction of sp³-hybridized carbons (Fsp3) is 0.250. The highest BCUT2D eigenvalue weighted by atomic mass is 35.7. The molecule has 0 aliphatic heterocycles. The van der Waals surface area contributed by atoms with E-state index in [4.69, 9.17) is 25.9 Å². The molecule has 1 aromatic carbocycles. The van der Waals surface area contributed by atoms with E-state index in [-0.39, 0.29) is 22.1 Å². The zero-order valence-electron chi connectivity index (χ0n) is 8.15. The molecule has 0 atom stereocenters. The van der Waals surface area contributed by atoms with Crippen LogP contribution in [0.4, 0.5) is 5.69 Å². The third-order valence-electron chi connectivity index (χ3n) is 1.78. The van der Waals surface area contributed by atoms with Crippen LogP contribution in [0.1, 0.15) is 0 Å². The Labute approximate surface area is 92.2 Å². The summed E-state index contributed by atoms with van der Waals surface area (Å²) < 4.78 is 32.1. The van der Waals surface area contributed by atoms with Gasteiger partial charge in [0.25, 0.3) is 9.05 Å². The second-order valence-corrected chi connectivity index (χ2v) is 5.22. The van der Waals surface area contributed by atoms with Crippen LogP contribution in [0.3, 0.4) is 0 Å². The van der Waals surface area contributed by atoms with Crippen molar-refractivity contribution in [3.05, 3.63) is 12.1 Å². The van der Waals surface area contributed by atoms with E-state index in [0.717, 1.165) is 0 Å². The van der Waals surface area contributed by atoms with Crippen molar-refractivity contribution < 1.29 is 17.9 Å². The van der Waals surface area contributed by atoms with Gasteiger partial charge in [-0.05, 0) is 0 Å². The fourth-order valence-electron chi connectivity index (χ4n) is 1.08. The Morgan fingerprint density at radius 1 is 1.20 bits per heavy atom. The van der Waals surface area contributed by atoms with Crippen molar-refractivity contribution in [2.24, 2.45) is 0 Å². The molecule has 0 aliphatic rings. The lowest BCUT2D eigenvalue weighted by Crippen LogP contribution is -2.00. The number of nitrogen functional groups attached to an aromatic ring is 1. The summed E-state index contributed by atoms with van der Waals surface area (Å²) in [4.78, 5) is -0.169. The van der Waals surface area contributed by atoms with Gasteiger partial charge in [0.1, 0.15) is 16.4 Å². The van der Waals surface area contributed by atoms with E-state index >= 15 is 0 Å².